The van der Waals surface area contributed by atoms with E-state index in [-0.39, 0.29) is 24.4 Å². The molecule has 2 saturated heterocycles. The van der Waals surface area contributed by atoms with Crippen LogP contribution in [0.25, 0.3) is 0 Å². The third kappa shape index (κ3) is 4.33. The number of nitrogens with one attached hydrogen (secondary N) is 1. The summed E-state index contributed by atoms with van der Waals surface area (Å²) in [5.41, 5.74) is 1.62. The summed E-state index contributed by atoms with van der Waals surface area (Å²) in [6, 6.07) is 7.26. The molecule has 2 heterocycles. The number of rotatable bonds is 5. The summed E-state index contributed by atoms with van der Waals surface area (Å²) in [4.78, 5) is 41.3. The number of hydrogen-bond donors (Lipinski definition) is 1. The highest BCUT2D eigenvalue weighted by atomic mass is 16.2. The summed E-state index contributed by atoms with van der Waals surface area (Å²) < 4.78 is 0. The lowest BCUT2D eigenvalue weighted by Crippen LogP contribution is -2.39. The lowest BCUT2D eigenvalue weighted by atomic mass is 10.1. The van der Waals surface area contributed by atoms with E-state index >= 15 is 0 Å². The zero-order chi connectivity index (χ0) is 18.5. The molecule has 0 radical (unpaired) electrons. The van der Waals surface area contributed by atoms with Gasteiger partial charge in [-0.15, -0.1) is 0 Å². The van der Waals surface area contributed by atoms with Crippen LogP contribution in [0.1, 0.15) is 35.2 Å². The van der Waals surface area contributed by atoms with Crippen molar-refractivity contribution < 1.29 is 14.4 Å². The van der Waals surface area contributed by atoms with Gasteiger partial charge in [0.15, 0.2) is 0 Å². The number of nitrogens with zero attached hydrogens (tertiary/aromatic N) is 3. The van der Waals surface area contributed by atoms with Crippen LogP contribution in [0.4, 0.5) is 4.79 Å². The van der Waals surface area contributed by atoms with Crippen molar-refractivity contribution in [2.24, 2.45) is 0 Å². The van der Waals surface area contributed by atoms with E-state index in [1.54, 1.807) is 11.9 Å². The van der Waals surface area contributed by atoms with Crippen molar-refractivity contribution >= 4 is 17.8 Å². The van der Waals surface area contributed by atoms with Gasteiger partial charge in [-0.1, -0.05) is 12.1 Å². The van der Waals surface area contributed by atoms with Crippen LogP contribution in [-0.4, -0.2) is 72.3 Å². The first-order chi connectivity index (χ1) is 12.5. The highest BCUT2D eigenvalue weighted by molar-refractivity contribution is 5.94. The van der Waals surface area contributed by atoms with Crippen molar-refractivity contribution in [2.45, 2.75) is 25.8 Å². The van der Waals surface area contributed by atoms with Crippen LogP contribution in [0.5, 0.6) is 0 Å². The Labute approximate surface area is 153 Å². The molecule has 0 aliphatic carbocycles. The van der Waals surface area contributed by atoms with Crippen LogP contribution >= 0.6 is 0 Å². The van der Waals surface area contributed by atoms with Gasteiger partial charge in [0, 0.05) is 45.3 Å². The number of benzene rings is 1. The number of amides is 4. The molecule has 0 aromatic heterocycles. The largest absolute Gasteiger partial charge is 0.350 e. The third-order valence-corrected chi connectivity index (χ3v) is 4.97. The van der Waals surface area contributed by atoms with Crippen LogP contribution in [-0.2, 0) is 11.3 Å². The van der Waals surface area contributed by atoms with E-state index in [0.717, 1.165) is 31.5 Å². The van der Waals surface area contributed by atoms with Gasteiger partial charge in [-0.05, 0) is 37.0 Å². The Morgan fingerprint density at radius 1 is 1.00 bits per heavy atom. The Morgan fingerprint density at radius 3 is 2.31 bits per heavy atom. The van der Waals surface area contributed by atoms with Gasteiger partial charge in [0.05, 0.1) is 0 Å². The molecule has 2 aliphatic heterocycles. The summed E-state index contributed by atoms with van der Waals surface area (Å²) >= 11 is 0. The van der Waals surface area contributed by atoms with E-state index < -0.39 is 0 Å². The maximum atomic E-state index is 12.4. The lowest BCUT2D eigenvalue weighted by Gasteiger charge is -2.26. The first-order valence-corrected chi connectivity index (χ1v) is 9.19. The first-order valence-electron chi connectivity index (χ1n) is 9.19. The van der Waals surface area contributed by atoms with Crippen molar-refractivity contribution in [3.63, 3.8) is 0 Å². The number of carbonyl (C=O) groups excluding carboxylic acids is 3. The molecule has 0 saturated carbocycles. The lowest BCUT2D eigenvalue weighted by molar-refractivity contribution is -0.121. The normalized spacial score (nSPS) is 17.6. The van der Waals surface area contributed by atoms with Gasteiger partial charge in [-0.2, -0.15) is 0 Å². The predicted molar refractivity (Wildman–Crippen MR) is 97.6 cm³/mol. The number of likely N-dealkylation sites (tertiary alicyclic amines) is 1. The van der Waals surface area contributed by atoms with Gasteiger partial charge >= 0.3 is 6.03 Å². The predicted octanol–water partition coefficient (Wildman–Crippen LogP) is 1.30. The van der Waals surface area contributed by atoms with E-state index in [9.17, 15) is 14.4 Å². The second-order valence-electron chi connectivity index (χ2n) is 6.95. The number of hydrogen-bond acceptors (Lipinski definition) is 3. The van der Waals surface area contributed by atoms with Crippen LogP contribution < -0.4 is 5.32 Å². The highest BCUT2D eigenvalue weighted by Crippen LogP contribution is 2.14. The van der Waals surface area contributed by atoms with Crippen molar-refractivity contribution in [3.05, 3.63) is 35.4 Å². The summed E-state index contributed by atoms with van der Waals surface area (Å²) in [7, 11) is 1.73. The molecule has 7 nitrogen and oxygen atoms in total. The van der Waals surface area contributed by atoms with Gasteiger partial charge < -0.3 is 20.0 Å². The van der Waals surface area contributed by atoms with Crippen LogP contribution in [0.2, 0.25) is 0 Å². The fraction of sp³-hybridized carbons (Fsp3) is 0.526. The summed E-state index contributed by atoms with van der Waals surface area (Å²) in [6.45, 7) is 3.36. The minimum atomic E-state index is -0.179. The second kappa shape index (κ2) is 8.21. The Morgan fingerprint density at radius 2 is 1.69 bits per heavy atom. The van der Waals surface area contributed by atoms with E-state index in [0.29, 0.717) is 25.2 Å². The van der Waals surface area contributed by atoms with Crippen molar-refractivity contribution in [3.8, 4) is 0 Å². The van der Waals surface area contributed by atoms with Gasteiger partial charge in [-0.25, -0.2) is 4.79 Å². The number of carbonyl (C=O) groups is 3. The fourth-order valence-corrected chi connectivity index (χ4v) is 3.32. The SMILES string of the molecule is CN1CCN(CC(=O)NCc2ccc(C(=O)N3CCCCC3)cc2)C1=O. The van der Waals surface area contributed by atoms with Crippen LogP contribution in [0.3, 0.4) is 0 Å². The molecule has 0 unspecified atom stereocenters. The van der Waals surface area contributed by atoms with Crippen molar-refractivity contribution in [1.82, 2.24) is 20.0 Å². The molecule has 7 heteroatoms. The number of urea groups is 1. The Balaban J connectivity index is 1.47. The zero-order valence-corrected chi connectivity index (χ0v) is 15.2. The quantitative estimate of drug-likeness (QED) is 0.862. The highest BCUT2D eigenvalue weighted by Gasteiger charge is 2.26. The zero-order valence-electron chi connectivity index (χ0n) is 15.2. The molecular formula is C19H26N4O3. The average Bonchev–Trinajstić information content (AvgIpc) is 2.99. The van der Waals surface area contributed by atoms with Gasteiger partial charge in [0.2, 0.25) is 5.91 Å². The monoisotopic (exact) mass is 358 g/mol. The topological polar surface area (TPSA) is 73.0 Å². The molecule has 1 aromatic carbocycles. The molecule has 1 N–H and O–H groups in total. The molecular weight excluding hydrogens is 332 g/mol. The second-order valence-corrected chi connectivity index (χ2v) is 6.95. The average molecular weight is 358 g/mol. The maximum absolute atomic E-state index is 12.4. The molecule has 0 atom stereocenters. The third-order valence-electron chi connectivity index (χ3n) is 4.97. The molecule has 140 valence electrons. The van der Waals surface area contributed by atoms with E-state index in [2.05, 4.69) is 5.32 Å². The standard InChI is InChI=1S/C19H26N4O3/c1-21-11-12-23(19(21)26)14-17(24)20-13-15-5-7-16(8-6-15)18(25)22-9-3-2-4-10-22/h5-8H,2-4,9-14H2,1H3,(H,20,24). The Kier molecular flexibility index (Phi) is 5.75. The first kappa shape index (κ1) is 18.2. The van der Waals surface area contributed by atoms with E-state index in [4.69, 9.17) is 0 Å². The van der Waals surface area contributed by atoms with Crippen LogP contribution in [0, 0.1) is 0 Å². The van der Waals surface area contributed by atoms with E-state index in [1.165, 1.54) is 11.3 Å². The van der Waals surface area contributed by atoms with Crippen LogP contribution in [0.15, 0.2) is 24.3 Å². The Bertz CT molecular complexity index is 668. The molecule has 2 aliphatic rings. The van der Waals surface area contributed by atoms with Crippen molar-refractivity contribution in [1.29, 1.82) is 0 Å². The van der Waals surface area contributed by atoms with E-state index in [1.807, 2.05) is 29.2 Å². The molecule has 26 heavy (non-hydrogen) atoms. The molecule has 0 spiro atoms. The summed E-state index contributed by atoms with van der Waals surface area (Å²) in [5, 5.41) is 2.83. The fourth-order valence-electron chi connectivity index (χ4n) is 3.32. The minimum Gasteiger partial charge on any atom is -0.350 e. The minimum absolute atomic E-state index is 0.0781. The van der Waals surface area contributed by atoms with Gasteiger partial charge in [0.25, 0.3) is 5.91 Å². The molecule has 2 fully saturated rings. The molecule has 3 rings (SSSR count). The maximum Gasteiger partial charge on any atom is 0.320 e. The molecule has 0 bridgehead atoms. The smallest absolute Gasteiger partial charge is 0.320 e. The van der Waals surface area contributed by atoms with Gasteiger partial charge in [-0.3, -0.25) is 9.59 Å². The number of likely N-dealkylation sites (N-methyl/N-ethyl adjacent to an activating group) is 1. The summed E-state index contributed by atoms with van der Waals surface area (Å²) in [6.07, 6.45) is 3.35. The number of piperidine rings is 1. The Hall–Kier alpha value is -2.57. The van der Waals surface area contributed by atoms with Crippen molar-refractivity contribution in [2.75, 3.05) is 39.8 Å². The van der Waals surface area contributed by atoms with Gasteiger partial charge in [0.1, 0.15) is 6.54 Å². The summed E-state index contributed by atoms with van der Waals surface area (Å²) in [5.74, 6) is -0.0981. The molecule has 4 amide bonds. The molecule has 1 aromatic rings.